The van der Waals surface area contributed by atoms with E-state index in [9.17, 15) is 4.79 Å². The van der Waals surface area contributed by atoms with Gasteiger partial charge >= 0.3 is 0 Å². The summed E-state index contributed by atoms with van der Waals surface area (Å²) in [5.74, 6) is 1.90. The molecule has 0 bridgehead atoms. The van der Waals surface area contributed by atoms with Crippen molar-refractivity contribution >= 4 is 41.5 Å². The summed E-state index contributed by atoms with van der Waals surface area (Å²) in [4.78, 5) is 20.9. The zero-order chi connectivity index (χ0) is 19.6. The van der Waals surface area contributed by atoms with Gasteiger partial charge < -0.3 is 25.2 Å². The van der Waals surface area contributed by atoms with Gasteiger partial charge in [-0.2, -0.15) is 0 Å². The zero-order valence-corrected chi connectivity index (χ0v) is 19.7. The highest BCUT2D eigenvalue weighted by Gasteiger charge is 2.21. The van der Waals surface area contributed by atoms with Gasteiger partial charge in [0.2, 0.25) is 5.91 Å². The van der Waals surface area contributed by atoms with Crippen LogP contribution in [-0.4, -0.2) is 69.7 Å². The maximum atomic E-state index is 11.6. The van der Waals surface area contributed by atoms with E-state index in [0.717, 1.165) is 50.1 Å². The molecule has 1 amide bonds. The second-order valence-electron chi connectivity index (χ2n) is 6.83. The lowest BCUT2D eigenvalue weighted by Gasteiger charge is -2.38. The molecule has 2 N–H and O–H groups in total. The first-order valence-corrected chi connectivity index (χ1v) is 9.75. The van der Waals surface area contributed by atoms with Gasteiger partial charge in [-0.1, -0.05) is 26.0 Å². The molecule has 7 nitrogen and oxygen atoms in total. The van der Waals surface area contributed by atoms with Crippen LogP contribution < -0.4 is 20.3 Å². The number of carbonyl (C=O) groups excluding carboxylic acids is 1. The Morgan fingerprint density at radius 2 is 1.86 bits per heavy atom. The zero-order valence-electron chi connectivity index (χ0n) is 17.4. The molecule has 1 aliphatic rings. The second kappa shape index (κ2) is 12.7. The molecule has 1 aliphatic heterocycles. The third kappa shape index (κ3) is 7.03. The summed E-state index contributed by atoms with van der Waals surface area (Å²) in [6.45, 7) is 11.4. The molecule has 1 fully saturated rings. The monoisotopic (exact) mass is 503 g/mol. The summed E-state index contributed by atoms with van der Waals surface area (Å²) in [6.07, 6.45) is 0. The van der Waals surface area contributed by atoms with Crippen LogP contribution >= 0.6 is 24.0 Å². The minimum absolute atomic E-state index is 0. The summed E-state index contributed by atoms with van der Waals surface area (Å²) in [5.41, 5.74) is 1.14. The number of benzene rings is 1. The fraction of sp³-hybridized carbons (Fsp3) is 0.600. The summed E-state index contributed by atoms with van der Waals surface area (Å²) in [6, 6.07) is 8.14. The van der Waals surface area contributed by atoms with Crippen molar-refractivity contribution in [2.75, 3.05) is 57.8 Å². The molecule has 1 aromatic rings. The van der Waals surface area contributed by atoms with Crippen molar-refractivity contribution in [3.63, 3.8) is 0 Å². The van der Waals surface area contributed by atoms with Crippen molar-refractivity contribution in [2.24, 2.45) is 10.9 Å². The number of nitrogens with one attached hydrogen (secondary N) is 2. The number of para-hydroxylation sites is 2. The first kappa shape index (κ1) is 24.3. The lowest BCUT2D eigenvalue weighted by molar-refractivity contribution is -0.123. The number of methoxy groups -OCH3 is 1. The first-order valence-electron chi connectivity index (χ1n) is 9.75. The molecule has 1 saturated heterocycles. The maximum absolute atomic E-state index is 11.6. The number of halogens is 1. The second-order valence-corrected chi connectivity index (χ2v) is 6.83. The molecule has 28 heavy (non-hydrogen) atoms. The van der Waals surface area contributed by atoms with Crippen LogP contribution in [0.2, 0.25) is 0 Å². The smallest absolute Gasteiger partial charge is 0.222 e. The number of ether oxygens (including phenoxy) is 1. The lowest BCUT2D eigenvalue weighted by atomic mass is 10.2. The van der Waals surface area contributed by atoms with Crippen LogP contribution in [0.15, 0.2) is 29.3 Å². The Bertz CT molecular complexity index is 631. The van der Waals surface area contributed by atoms with Crippen LogP contribution in [0.1, 0.15) is 20.8 Å². The van der Waals surface area contributed by atoms with E-state index in [1.54, 1.807) is 7.11 Å². The minimum Gasteiger partial charge on any atom is -0.495 e. The fourth-order valence-corrected chi connectivity index (χ4v) is 3.02. The number of hydrogen-bond donors (Lipinski definition) is 2. The average molecular weight is 503 g/mol. The number of rotatable bonds is 7. The van der Waals surface area contributed by atoms with Gasteiger partial charge in [-0.05, 0) is 19.1 Å². The number of piperazine rings is 1. The first-order chi connectivity index (χ1) is 13.1. The van der Waals surface area contributed by atoms with E-state index in [0.29, 0.717) is 13.1 Å². The van der Waals surface area contributed by atoms with Crippen molar-refractivity contribution in [3.05, 3.63) is 24.3 Å². The molecule has 0 aliphatic carbocycles. The predicted molar refractivity (Wildman–Crippen MR) is 126 cm³/mol. The van der Waals surface area contributed by atoms with Crippen LogP contribution in [-0.2, 0) is 4.79 Å². The highest BCUT2D eigenvalue weighted by Crippen LogP contribution is 2.28. The number of carbonyl (C=O) groups is 1. The molecule has 0 aromatic heterocycles. The Morgan fingerprint density at radius 1 is 1.18 bits per heavy atom. The quantitative estimate of drug-likeness (QED) is 0.259. The minimum atomic E-state index is 0. The molecule has 1 aromatic carbocycles. The van der Waals surface area contributed by atoms with Crippen LogP contribution in [0.3, 0.4) is 0 Å². The van der Waals surface area contributed by atoms with Gasteiger partial charge in [-0.3, -0.25) is 9.79 Å². The molecular weight excluding hydrogens is 469 g/mol. The number of anilines is 1. The fourth-order valence-electron chi connectivity index (χ4n) is 3.02. The molecule has 1 heterocycles. The number of guanidine groups is 1. The highest BCUT2D eigenvalue weighted by atomic mass is 127. The van der Waals surface area contributed by atoms with E-state index in [1.165, 1.54) is 0 Å². The van der Waals surface area contributed by atoms with Crippen LogP contribution in [0, 0.1) is 5.92 Å². The summed E-state index contributed by atoms with van der Waals surface area (Å²) < 4.78 is 5.49. The standard InChI is InChI=1S/C20H33N5O2.HI/c1-5-21-20(23-11-10-22-19(26)16(2)3)25-14-12-24(13-15-25)17-8-6-7-9-18(17)27-4;/h6-9,16H,5,10-15H2,1-4H3,(H,21,23)(H,22,26);1H. The van der Waals surface area contributed by atoms with Gasteiger partial charge in [0.15, 0.2) is 5.96 Å². The van der Waals surface area contributed by atoms with Crippen LogP contribution in [0.5, 0.6) is 5.75 Å². The Labute approximate surface area is 185 Å². The third-order valence-electron chi connectivity index (χ3n) is 4.54. The van der Waals surface area contributed by atoms with Crippen LogP contribution in [0.25, 0.3) is 0 Å². The van der Waals surface area contributed by atoms with Crippen molar-refractivity contribution in [1.29, 1.82) is 0 Å². The molecule has 0 unspecified atom stereocenters. The summed E-state index contributed by atoms with van der Waals surface area (Å²) in [5, 5.41) is 6.27. The van der Waals surface area contributed by atoms with Gasteiger partial charge in [0, 0.05) is 45.2 Å². The highest BCUT2D eigenvalue weighted by molar-refractivity contribution is 14.0. The molecule has 8 heteroatoms. The third-order valence-corrected chi connectivity index (χ3v) is 4.54. The van der Waals surface area contributed by atoms with Gasteiger partial charge in [-0.15, -0.1) is 24.0 Å². The SMILES string of the molecule is CCNC(=NCCNC(=O)C(C)C)N1CCN(c2ccccc2OC)CC1.I. The summed E-state index contributed by atoms with van der Waals surface area (Å²) >= 11 is 0. The topological polar surface area (TPSA) is 69.2 Å². The molecular formula is C20H34IN5O2. The predicted octanol–water partition coefficient (Wildman–Crippen LogP) is 2.17. The number of nitrogens with zero attached hydrogens (tertiary/aromatic N) is 3. The van der Waals surface area contributed by atoms with Crippen molar-refractivity contribution in [3.8, 4) is 5.75 Å². The number of amides is 1. The Hall–Kier alpha value is -1.71. The maximum Gasteiger partial charge on any atom is 0.222 e. The Kier molecular flexibility index (Phi) is 11.0. The van der Waals surface area contributed by atoms with E-state index in [-0.39, 0.29) is 35.8 Å². The van der Waals surface area contributed by atoms with Gasteiger partial charge in [0.05, 0.1) is 19.3 Å². The van der Waals surface area contributed by atoms with Crippen molar-refractivity contribution in [2.45, 2.75) is 20.8 Å². The largest absolute Gasteiger partial charge is 0.495 e. The van der Waals surface area contributed by atoms with Gasteiger partial charge in [0.1, 0.15) is 5.75 Å². The van der Waals surface area contributed by atoms with E-state index >= 15 is 0 Å². The molecule has 158 valence electrons. The van der Waals surface area contributed by atoms with Crippen molar-refractivity contribution < 1.29 is 9.53 Å². The van der Waals surface area contributed by atoms with E-state index in [4.69, 9.17) is 4.74 Å². The summed E-state index contributed by atoms with van der Waals surface area (Å²) in [7, 11) is 1.71. The Balaban J connectivity index is 0.00000392. The molecule has 2 rings (SSSR count). The van der Waals surface area contributed by atoms with Crippen LogP contribution in [0.4, 0.5) is 5.69 Å². The van der Waals surface area contributed by atoms with Crippen molar-refractivity contribution in [1.82, 2.24) is 15.5 Å². The van der Waals surface area contributed by atoms with E-state index in [2.05, 4.69) is 38.4 Å². The van der Waals surface area contributed by atoms with Gasteiger partial charge in [-0.25, -0.2) is 0 Å². The molecule has 0 saturated carbocycles. The molecule has 0 radical (unpaired) electrons. The lowest BCUT2D eigenvalue weighted by Crippen LogP contribution is -2.52. The van der Waals surface area contributed by atoms with Gasteiger partial charge in [0.25, 0.3) is 0 Å². The normalized spacial score (nSPS) is 14.5. The number of hydrogen-bond acceptors (Lipinski definition) is 4. The molecule has 0 atom stereocenters. The Morgan fingerprint density at radius 3 is 2.46 bits per heavy atom. The van der Waals surface area contributed by atoms with E-state index < -0.39 is 0 Å². The average Bonchev–Trinajstić information content (AvgIpc) is 2.70. The van der Waals surface area contributed by atoms with E-state index in [1.807, 2.05) is 32.0 Å². The number of aliphatic imine (C=N–C) groups is 1. The molecule has 0 spiro atoms.